The fourth-order valence-electron chi connectivity index (χ4n) is 2.51. The highest BCUT2D eigenvalue weighted by Crippen LogP contribution is 2.28. The van der Waals surface area contributed by atoms with Gasteiger partial charge in [-0.05, 0) is 23.8 Å². The molecule has 0 aliphatic heterocycles. The summed E-state index contributed by atoms with van der Waals surface area (Å²) in [5.74, 6) is 1.55. The molecule has 5 heteroatoms. The molecule has 4 aromatic rings. The van der Waals surface area contributed by atoms with Gasteiger partial charge in [-0.1, -0.05) is 53.7 Å². The summed E-state index contributed by atoms with van der Waals surface area (Å²) < 4.78 is 10.5. The average molecular weight is 317 g/mol. The van der Waals surface area contributed by atoms with Gasteiger partial charge in [-0.25, -0.2) is 0 Å². The normalized spacial score (nSPS) is 10.7. The van der Waals surface area contributed by atoms with Crippen molar-refractivity contribution in [3.05, 3.63) is 78.9 Å². The molecule has 1 N–H and O–H groups in total. The Morgan fingerprint density at radius 2 is 1.71 bits per heavy atom. The monoisotopic (exact) mass is 317 g/mol. The van der Waals surface area contributed by atoms with Crippen LogP contribution >= 0.6 is 0 Å². The van der Waals surface area contributed by atoms with Crippen LogP contribution in [-0.2, 0) is 6.54 Å². The average Bonchev–Trinajstić information content (AvgIpc) is 3.32. The Bertz CT molecular complexity index is 915. The lowest BCUT2D eigenvalue weighted by Gasteiger charge is -2.10. The molecule has 0 saturated carbocycles. The third kappa shape index (κ3) is 2.92. The standard InChI is InChI=1S/C19H15N3O2/c1-2-7-14(8-3-1)15-9-4-5-10-16(15)20-13-18-21-19(22-24-18)17-11-6-12-23-17/h1-12,20H,13H2. The SMILES string of the molecule is c1ccc(-c2ccccc2NCc2nc(-c3ccco3)no2)cc1. The summed E-state index contributed by atoms with van der Waals surface area (Å²) in [4.78, 5) is 4.34. The number of anilines is 1. The number of hydrogen-bond acceptors (Lipinski definition) is 5. The van der Waals surface area contributed by atoms with Crippen molar-refractivity contribution in [1.29, 1.82) is 0 Å². The summed E-state index contributed by atoms with van der Waals surface area (Å²) in [6.07, 6.45) is 1.58. The van der Waals surface area contributed by atoms with Gasteiger partial charge >= 0.3 is 0 Å². The molecule has 24 heavy (non-hydrogen) atoms. The maximum Gasteiger partial charge on any atom is 0.246 e. The largest absolute Gasteiger partial charge is 0.461 e. The molecule has 0 aliphatic rings. The first-order valence-electron chi connectivity index (χ1n) is 7.65. The molecule has 0 radical (unpaired) electrons. The molecule has 4 rings (SSSR count). The minimum atomic E-state index is 0.442. The van der Waals surface area contributed by atoms with Gasteiger partial charge in [-0.2, -0.15) is 4.98 Å². The van der Waals surface area contributed by atoms with Gasteiger partial charge in [0.25, 0.3) is 0 Å². The van der Waals surface area contributed by atoms with Crippen molar-refractivity contribution in [2.45, 2.75) is 6.54 Å². The number of nitrogens with zero attached hydrogens (tertiary/aromatic N) is 2. The molecule has 0 unspecified atom stereocenters. The zero-order chi connectivity index (χ0) is 16.2. The van der Waals surface area contributed by atoms with Crippen molar-refractivity contribution in [3.63, 3.8) is 0 Å². The molecular formula is C19H15N3O2. The lowest BCUT2D eigenvalue weighted by Crippen LogP contribution is -2.01. The van der Waals surface area contributed by atoms with Gasteiger partial charge in [0, 0.05) is 11.3 Å². The highest BCUT2D eigenvalue weighted by atomic mass is 16.5. The number of hydrogen-bond donors (Lipinski definition) is 1. The van der Waals surface area contributed by atoms with Crippen LogP contribution in [0.15, 0.2) is 81.9 Å². The number of furan rings is 1. The summed E-state index contributed by atoms with van der Waals surface area (Å²) in [6.45, 7) is 0.442. The smallest absolute Gasteiger partial charge is 0.246 e. The molecule has 2 heterocycles. The van der Waals surface area contributed by atoms with E-state index in [9.17, 15) is 0 Å². The molecule has 5 nitrogen and oxygen atoms in total. The van der Waals surface area contributed by atoms with Crippen LogP contribution in [0.4, 0.5) is 5.69 Å². The minimum absolute atomic E-state index is 0.442. The van der Waals surface area contributed by atoms with Crippen LogP contribution in [0.2, 0.25) is 0 Å². The maximum absolute atomic E-state index is 5.27. The highest BCUT2D eigenvalue weighted by molar-refractivity contribution is 5.77. The zero-order valence-electron chi connectivity index (χ0n) is 12.8. The molecular weight excluding hydrogens is 302 g/mol. The second kappa shape index (κ2) is 6.42. The number of benzene rings is 2. The highest BCUT2D eigenvalue weighted by Gasteiger charge is 2.11. The van der Waals surface area contributed by atoms with E-state index in [1.807, 2.05) is 36.4 Å². The van der Waals surface area contributed by atoms with Crippen LogP contribution in [0.5, 0.6) is 0 Å². The summed E-state index contributed by atoms with van der Waals surface area (Å²) in [5.41, 5.74) is 3.30. The Morgan fingerprint density at radius 3 is 2.54 bits per heavy atom. The number of aromatic nitrogens is 2. The van der Waals surface area contributed by atoms with Gasteiger partial charge in [-0.15, -0.1) is 0 Å². The van der Waals surface area contributed by atoms with E-state index in [0.717, 1.165) is 16.8 Å². The Hall–Kier alpha value is -3.34. The first-order chi connectivity index (χ1) is 11.9. The van der Waals surface area contributed by atoms with Crippen LogP contribution in [0.25, 0.3) is 22.7 Å². The summed E-state index contributed by atoms with van der Waals surface area (Å²) in [7, 11) is 0. The number of nitrogens with one attached hydrogen (secondary N) is 1. The third-order valence-electron chi connectivity index (χ3n) is 3.65. The van der Waals surface area contributed by atoms with Crippen molar-refractivity contribution in [2.24, 2.45) is 0 Å². The second-order valence-electron chi connectivity index (χ2n) is 5.25. The van der Waals surface area contributed by atoms with E-state index in [1.54, 1.807) is 18.4 Å². The zero-order valence-corrected chi connectivity index (χ0v) is 12.8. The molecule has 0 spiro atoms. The maximum atomic E-state index is 5.27. The van der Waals surface area contributed by atoms with Crippen LogP contribution in [0.1, 0.15) is 5.89 Å². The minimum Gasteiger partial charge on any atom is -0.461 e. The fraction of sp³-hybridized carbons (Fsp3) is 0.0526. The van der Waals surface area contributed by atoms with E-state index in [2.05, 4.69) is 33.7 Å². The van der Waals surface area contributed by atoms with E-state index < -0.39 is 0 Å². The van der Waals surface area contributed by atoms with Crippen molar-refractivity contribution in [1.82, 2.24) is 10.1 Å². The van der Waals surface area contributed by atoms with Crippen LogP contribution in [-0.4, -0.2) is 10.1 Å². The van der Waals surface area contributed by atoms with Gasteiger partial charge in [0.2, 0.25) is 11.7 Å². The van der Waals surface area contributed by atoms with E-state index in [-0.39, 0.29) is 0 Å². The predicted octanol–water partition coefficient (Wildman–Crippen LogP) is 4.61. The first-order valence-corrected chi connectivity index (χ1v) is 7.65. The summed E-state index contributed by atoms with van der Waals surface area (Å²) in [5, 5.41) is 7.29. The van der Waals surface area contributed by atoms with Gasteiger partial charge in [0.05, 0.1) is 12.8 Å². The molecule has 118 valence electrons. The third-order valence-corrected chi connectivity index (χ3v) is 3.65. The van der Waals surface area contributed by atoms with Crippen LogP contribution < -0.4 is 5.32 Å². The van der Waals surface area contributed by atoms with Crippen molar-refractivity contribution in [2.75, 3.05) is 5.32 Å². The molecule has 0 aliphatic carbocycles. The van der Waals surface area contributed by atoms with Crippen molar-refractivity contribution < 1.29 is 8.94 Å². The molecule has 0 bridgehead atoms. The molecule has 2 aromatic carbocycles. The Labute approximate surface area is 138 Å². The molecule has 0 atom stereocenters. The van der Waals surface area contributed by atoms with E-state index in [0.29, 0.717) is 24.0 Å². The van der Waals surface area contributed by atoms with Crippen molar-refractivity contribution >= 4 is 5.69 Å². The lowest BCUT2D eigenvalue weighted by molar-refractivity contribution is 0.382. The number of rotatable bonds is 5. The topological polar surface area (TPSA) is 64.1 Å². The van der Waals surface area contributed by atoms with Crippen LogP contribution in [0, 0.1) is 0 Å². The van der Waals surface area contributed by atoms with Crippen molar-refractivity contribution in [3.8, 4) is 22.7 Å². The van der Waals surface area contributed by atoms with Gasteiger partial charge in [-0.3, -0.25) is 0 Å². The van der Waals surface area contributed by atoms with E-state index in [4.69, 9.17) is 8.94 Å². The molecule has 0 fully saturated rings. The Kier molecular flexibility index (Phi) is 3.81. The fourth-order valence-corrected chi connectivity index (χ4v) is 2.51. The second-order valence-corrected chi connectivity index (χ2v) is 5.25. The number of para-hydroxylation sites is 1. The molecule has 2 aromatic heterocycles. The first kappa shape index (κ1) is 14.3. The summed E-state index contributed by atoms with van der Waals surface area (Å²) >= 11 is 0. The Balaban J connectivity index is 1.53. The van der Waals surface area contributed by atoms with Gasteiger partial charge in [0.1, 0.15) is 0 Å². The van der Waals surface area contributed by atoms with Gasteiger partial charge < -0.3 is 14.3 Å². The predicted molar refractivity (Wildman–Crippen MR) is 91.2 cm³/mol. The van der Waals surface area contributed by atoms with E-state index >= 15 is 0 Å². The quantitative estimate of drug-likeness (QED) is 0.582. The summed E-state index contributed by atoms with van der Waals surface area (Å²) in [6, 6.07) is 22.0. The molecule has 0 saturated heterocycles. The lowest BCUT2D eigenvalue weighted by atomic mass is 10.0. The molecule has 0 amide bonds. The Morgan fingerprint density at radius 1 is 0.875 bits per heavy atom. The van der Waals surface area contributed by atoms with Crippen LogP contribution in [0.3, 0.4) is 0 Å². The van der Waals surface area contributed by atoms with Gasteiger partial charge in [0.15, 0.2) is 5.76 Å². The van der Waals surface area contributed by atoms with E-state index in [1.165, 1.54) is 0 Å².